The van der Waals surface area contributed by atoms with Crippen molar-refractivity contribution < 1.29 is 24.5 Å². The van der Waals surface area contributed by atoms with E-state index in [4.69, 9.17) is 4.74 Å². The molecule has 2 unspecified atom stereocenters. The number of aliphatic hydroxyl groups excluding tert-OH is 2. The quantitative estimate of drug-likeness (QED) is 0.0320. The van der Waals surface area contributed by atoms with Gasteiger partial charge in [0.2, 0.25) is 5.91 Å². The molecule has 0 spiro atoms. The van der Waals surface area contributed by atoms with Crippen LogP contribution in [0.5, 0.6) is 0 Å². The molecular formula is C77H149NO5. The monoisotopic (exact) mass is 1170 g/mol. The van der Waals surface area contributed by atoms with Crippen molar-refractivity contribution >= 4 is 11.9 Å². The first kappa shape index (κ1) is 81.3. The smallest absolute Gasteiger partial charge is 0.305 e. The lowest BCUT2D eigenvalue weighted by molar-refractivity contribution is -0.143. The van der Waals surface area contributed by atoms with Gasteiger partial charge in [-0.2, -0.15) is 0 Å². The summed E-state index contributed by atoms with van der Waals surface area (Å²) in [5.41, 5.74) is 0. The normalized spacial score (nSPS) is 12.6. The van der Waals surface area contributed by atoms with Gasteiger partial charge < -0.3 is 20.3 Å². The number of hydrogen-bond acceptors (Lipinski definition) is 5. The largest absolute Gasteiger partial charge is 0.466 e. The fourth-order valence-corrected chi connectivity index (χ4v) is 12.2. The second-order valence-electron chi connectivity index (χ2n) is 26.3. The molecule has 0 aromatic carbocycles. The van der Waals surface area contributed by atoms with Crippen molar-refractivity contribution in [1.29, 1.82) is 0 Å². The number of carbonyl (C=O) groups excluding carboxylic acids is 2. The van der Waals surface area contributed by atoms with Gasteiger partial charge in [-0.3, -0.25) is 9.59 Å². The Labute approximate surface area is 520 Å². The molecule has 0 aliphatic carbocycles. The van der Waals surface area contributed by atoms with Crippen LogP contribution >= 0.6 is 0 Å². The van der Waals surface area contributed by atoms with Gasteiger partial charge in [0.25, 0.3) is 0 Å². The van der Waals surface area contributed by atoms with E-state index in [1.807, 2.05) is 6.08 Å². The van der Waals surface area contributed by atoms with E-state index in [9.17, 15) is 19.8 Å². The third-order valence-corrected chi connectivity index (χ3v) is 18.0. The minimum absolute atomic E-state index is 0.0194. The van der Waals surface area contributed by atoms with E-state index in [1.54, 1.807) is 6.08 Å². The summed E-state index contributed by atoms with van der Waals surface area (Å²) in [6.07, 6.45) is 92.9. The van der Waals surface area contributed by atoms with Crippen LogP contribution in [-0.4, -0.2) is 47.4 Å². The van der Waals surface area contributed by atoms with E-state index >= 15 is 0 Å². The van der Waals surface area contributed by atoms with Crippen molar-refractivity contribution in [1.82, 2.24) is 5.32 Å². The summed E-state index contributed by atoms with van der Waals surface area (Å²) in [7, 11) is 0. The van der Waals surface area contributed by atoms with Gasteiger partial charge in [-0.1, -0.05) is 385 Å². The molecule has 2 atom stereocenters. The first-order valence-corrected chi connectivity index (χ1v) is 38.1. The predicted octanol–water partition coefficient (Wildman–Crippen LogP) is 24.9. The minimum Gasteiger partial charge on any atom is -0.466 e. The average Bonchev–Trinajstić information content (AvgIpc) is 3.48. The van der Waals surface area contributed by atoms with E-state index in [-0.39, 0.29) is 18.5 Å². The average molecular weight is 1170 g/mol. The molecule has 6 nitrogen and oxygen atoms in total. The van der Waals surface area contributed by atoms with Crippen LogP contribution in [0.25, 0.3) is 0 Å². The lowest BCUT2D eigenvalue weighted by Gasteiger charge is -2.20. The molecule has 0 aliphatic rings. The van der Waals surface area contributed by atoms with Crippen LogP contribution in [-0.2, 0) is 14.3 Å². The first-order chi connectivity index (χ1) is 41.0. The fourth-order valence-electron chi connectivity index (χ4n) is 12.2. The zero-order valence-corrected chi connectivity index (χ0v) is 56.5. The van der Waals surface area contributed by atoms with Crippen molar-refractivity contribution in [3.05, 3.63) is 24.3 Å². The number of esters is 1. The Morgan fingerprint density at radius 3 is 0.855 bits per heavy atom. The van der Waals surface area contributed by atoms with Gasteiger partial charge in [0.05, 0.1) is 25.4 Å². The van der Waals surface area contributed by atoms with E-state index < -0.39 is 12.1 Å². The van der Waals surface area contributed by atoms with E-state index in [0.717, 1.165) is 38.5 Å². The number of unbranched alkanes of at least 4 members (excludes halogenated alkanes) is 59. The van der Waals surface area contributed by atoms with Gasteiger partial charge in [-0.25, -0.2) is 0 Å². The Kier molecular flexibility index (Phi) is 71.4. The number of rotatable bonds is 72. The molecule has 83 heavy (non-hydrogen) atoms. The van der Waals surface area contributed by atoms with E-state index in [2.05, 4.69) is 31.3 Å². The number of nitrogens with one attached hydrogen (secondary N) is 1. The van der Waals surface area contributed by atoms with Crippen LogP contribution < -0.4 is 5.32 Å². The summed E-state index contributed by atoms with van der Waals surface area (Å²) in [6, 6.07) is -0.624. The van der Waals surface area contributed by atoms with Crippen LogP contribution in [0.15, 0.2) is 24.3 Å². The molecule has 0 aliphatic heterocycles. The lowest BCUT2D eigenvalue weighted by Crippen LogP contribution is -2.45. The number of amides is 1. The van der Waals surface area contributed by atoms with Crippen LogP contribution in [0.2, 0.25) is 0 Å². The number of carbonyl (C=O) groups is 2. The second-order valence-corrected chi connectivity index (χ2v) is 26.3. The molecule has 0 saturated heterocycles. The van der Waals surface area contributed by atoms with Crippen molar-refractivity contribution in [3.63, 3.8) is 0 Å². The molecule has 0 bridgehead atoms. The summed E-state index contributed by atoms with van der Waals surface area (Å²) >= 11 is 0. The summed E-state index contributed by atoms with van der Waals surface area (Å²) in [5, 5.41) is 23.2. The molecule has 3 N–H and O–H groups in total. The molecule has 1 amide bonds. The maximum Gasteiger partial charge on any atom is 0.305 e. The number of allylic oxidation sites excluding steroid dienone is 3. The summed E-state index contributed by atoms with van der Waals surface area (Å²) < 4.78 is 5.51. The third-order valence-electron chi connectivity index (χ3n) is 18.0. The Morgan fingerprint density at radius 1 is 0.325 bits per heavy atom. The van der Waals surface area contributed by atoms with Gasteiger partial charge in [0.15, 0.2) is 0 Å². The zero-order valence-electron chi connectivity index (χ0n) is 56.5. The number of ether oxygens (including phenoxy) is 1. The van der Waals surface area contributed by atoms with E-state index in [0.29, 0.717) is 19.4 Å². The standard InChI is InChI=1S/C77H149NO5/c1-3-5-7-9-11-13-15-17-19-20-39-43-47-51-55-59-63-67-71-77(82)83-72-68-64-60-56-52-48-44-40-37-35-33-31-29-27-25-23-21-22-24-26-28-30-32-34-36-38-42-46-50-54-58-62-66-70-76(81)78-74(73-79)75(80)69-65-61-57-53-49-45-41-18-16-14-12-10-8-6-4-2/h19-20,65,69,74-75,79-80H,3-18,21-64,66-68,70-73H2,1-2H3,(H,78,81)/b20-19-,69-65+. The summed E-state index contributed by atoms with van der Waals surface area (Å²) in [6.45, 7) is 4.94. The number of hydrogen-bond donors (Lipinski definition) is 3. The molecular weight excluding hydrogens is 1020 g/mol. The van der Waals surface area contributed by atoms with Crippen molar-refractivity contribution in [2.24, 2.45) is 0 Å². The number of aliphatic hydroxyl groups is 2. The Hall–Kier alpha value is -1.66. The van der Waals surface area contributed by atoms with Gasteiger partial charge >= 0.3 is 5.97 Å². The molecule has 0 rings (SSSR count). The lowest BCUT2D eigenvalue weighted by atomic mass is 10.0. The Morgan fingerprint density at radius 2 is 0.566 bits per heavy atom. The van der Waals surface area contributed by atoms with Crippen molar-refractivity contribution in [2.75, 3.05) is 13.2 Å². The van der Waals surface area contributed by atoms with Crippen molar-refractivity contribution in [2.45, 2.75) is 443 Å². The van der Waals surface area contributed by atoms with Gasteiger partial charge in [-0.05, 0) is 57.8 Å². The molecule has 6 heteroatoms. The molecule has 0 radical (unpaired) electrons. The second kappa shape index (κ2) is 72.8. The fraction of sp³-hybridized carbons (Fsp3) is 0.922. The van der Waals surface area contributed by atoms with Gasteiger partial charge in [0, 0.05) is 12.8 Å². The molecule has 0 heterocycles. The highest BCUT2D eigenvalue weighted by molar-refractivity contribution is 5.76. The Balaban J connectivity index is 3.31. The highest BCUT2D eigenvalue weighted by Gasteiger charge is 2.18. The first-order valence-electron chi connectivity index (χ1n) is 38.1. The third kappa shape index (κ3) is 69.3. The molecule has 0 fully saturated rings. The maximum absolute atomic E-state index is 12.5. The van der Waals surface area contributed by atoms with Crippen LogP contribution in [0, 0.1) is 0 Å². The zero-order chi connectivity index (χ0) is 59.9. The van der Waals surface area contributed by atoms with Crippen LogP contribution in [0.1, 0.15) is 431 Å². The Bertz CT molecular complexity index is 1300. The summed E-state index contributed by atoms with van der Waals surface area (Å²) in [4.78, 5) is 24.6. The predicted molar refractivity (Wildman–Crippen MR) is 366 cm³/mol. The highest BCUT2D eigenvalue weighted by Crippen LogP contribution is 2.20. The van der Waals surface area contributed by atoms with Crippen LogP contribution in [0.4, 0.5) is 0 Å². The van der Waals surface area contributed by atoms with Crippen LogP contribution in [0.3, 0.4) is 0 Å². The summed E-state index contributed by atoms with van der Waals surface area (Å²) in [5.74, 6) is -0.0409. The SMILES string of the molecule is CCCCCCCCC/C=C\CCCCCCCCCC(=O)OCCCCCCCCCCCCCCCCCCCCCCCCCCCCCCCCCCCC(=O)NC(CO)C(O)/C=C/CCCCCCCCCCCCCCC. The minimum atomic E-state index is -0.840. The highest BCUT2D eigenvalue weighted by atomic mass is 16.5. The molecule has 0 aromatic rings. The molecule has 0 aromatic heterocycles. The maximum atomic E-state index is 12.5. The topological polar surface area (TPSA) is 95.9 Å². The van der Waals surface area contributed by atoms with Crippen molar-refractivity contribution in [3.8, 4) is 0 Å². The molecule has 0 saturated carbocycles. The molecule has 492 valence electrons. The van der Waals surface area contributed by atoms with E-state index in [1.165, 1.54) is 366 Å². The van der Waals surface area contributed by atoms with Gasteiger partial charge in [0.1, 0.15) is 0 Å². The van der Waals surface area contributed by atoms with Gasteiger partial charge in [-0.15, -0.1) is 0 Å².